The van der Waals surface area contributed by atoms with Gasteiger partial charge in [0.15, 0.2) is 0 Å². The van der Waals surface area contributed by atoms with Crippen molar-refractivity contribution in [2.24, 2.45) is 0 Å². The van der Waals surface area contributed by atoms with Crippen molar-refractivity contribution < 1.29 is 4.39 Å². The van der Waals surface area contributed by atoms with E-state index < -0.39 is 0 Å². The third-order valence-corrected chi connectivity index (χ3v) is 2.52. The molecule has 1 aromatic heterocycles. The predicted molar refractivity (Wildman–Crippen MR) is 63.5 cm³/mol. The van der Waals surface area contributed by atoms with E-state index in [-0.39, 0.29) is 5.82 Å². The quantitative estimate of drug-likeness (QED) is 0.795. The lowest BCUT2D eigenvalue weighted by molar-refractivity contribution is 0.630. The molecule has 0 radical (unpaired) electrons. The first-order valence-corrected chi connectivity index (χ1v) is 5.07. The Morgan fingerprint density at radius 3 is 2.56 bits per heavy atom. The van der Waals surface area contributed by atoms with Gasteiger partial charge in [-0.25, -0.2) is 4.39 Å². The molecule has 0 aliphatic carbocycles. The highest BCUT2D eigenvalue weighted by atomic mass is 19.1. The molecule has 0 bridgehead atoms. The van der Waals surface area contributed by atoms with Gasteiger partial charge in [-0.05, 0) is 38.1 Å². The zero-order chi connectivity index (χ0) is 11.7. The van der Waals surface area contributed by atoms with E-state index in [0.717, 1.165) is 11.3 Å². The van der Waals surface area contributed by atoms with Crippen molar-refractivity contribution in [2.45, 2.75) is 13.8 Å². The van der Waals surface area contributed by atoms with Gasteiger partial charge in [-0.1, -0.05) is 11.6 Å². The molecule has 0 aliphatic heterocycles. The van der Waals surface area contributed by atoms with Crippen LogP contribution in [0.3, 0.4) is 0 Å². The topological polar surface area (TPSA) is 38.9 Å². The average Bonchev–Trinajstić information content (AvgIpc) is 2.26. The minimum Gasteiger partial charge on any atom is -0.397 e. The van der Waals surface area contributed by atoms with Crippen LogP contribution >= 0.6 is 0 Å². The lowest BCUT2D eigenvalue weighted by Gasteiger charge is -2.06. The Hall–Kier alpha value is -1.90. The molecule has 1 heterocycles. The maximum absolute atomic E-state index is 13.6. The fourth-order valence-corrected chi connectivity index (χ4v) is 1.56. The van der Waals surface area contributed by atoms with E-state index in [1.165, 1.54) is 6.07 Å². The number of anilines is 1. The average molecular weight is 216 g/mol. The van der Waals surface area contributed by atoms with Gasteiger partial charge in [-0.2, -0.15) is 0 Å². The van der Waals surface area contributed by atoms with Gasteiger partial charge in [0, 0.05) is 5.56 Å². The number of halogens is 1. The summed E-state index contributed by atoms with van der Waals surface area (Å²) in [6, 6.07) is 8.47. The molecule has 0 aliphatic rings. The summed E-state index contributed by atoms with van der Waals surface area (Å²) >= 11 is 0. The molecule has 2 rings (SSSR count). The molecule has 0 saturated heterocycles. The van der Waals surface area contributed by atoms with Crippen molar-refractivity contribution in [3.05, 3.63) is 47.4 Å². The number of nitrogens with two attached hydrogens (primary N) is 1. The summed E-state index contributed by atoms with van der Waals surface area (Å²) in [6.45, 7) is 3.74. The molecule has 1 aromatic carbocycles. The third-order valence-electron chi connectivity index (χ3n) is 2.52. The summed E-state index contributed by atoms with van der Waals surface area (Å²) < 4.78 is 13.6. The standard InChI is InChI=1S/C13H13FN2/c1-8-3-4-11(14)10(7-8)13-6-5-12(15)9(2)16-13/h3-7H,15H2,1-2H3. The van der Waals surface area contributed by atoms with Crippen LogP contribution < -0.4 is 5.73 Å². The molecule has 0 amide bonds. The number of nitrogens with zero attached hydrogens (tertiary/aromatic N) is 1. The Labute approximate surface area is 93.9 Å². The van der Waals surface area contributed by atoms with Crippen LogP contribution in [0.5, 0.6) is 0 Å². The minimum absolute atomic E-state index is 0.262. The lowest BCUT2D eigenvalue weighted by Crippen LogP contribution is -1.95. The number of pyridine rings is 1. The smallest absolute Gasteiger partial charge is 0.132 e. The number of rotatable bonds is 1. The number of hydrogen-bond donors (Lipinski definition) is 1. The van der Waals surface area contributed by atoms with Crippen LogP contribution in [0.1, 0.15) is 11.3 Å². The predicted octanol–water partition coefficient (Wildman–Crippen LogP) is 3.09. The Balaban J connectivity index is 2.58. The summed E-state index contributed by atoms with van der Waals surface area (Å²) in [5.74, 6) is -0.262. The summed E-state index contributed by atoms with van der Waals surface area (Å²) in [5.41, 5.74) is 9.16. The van der Waals surface area contributed by atoms with Crippen LogP contribution in [-0.4, -0.2) is 4.98 Å². The first-order valence-electron chi connectivity index (χ1n) is 5.07. The van der Waals surface area contributed by atoms with Gasteiger partial charge >= 0.3 is 0 Å². The molecule has 0 saturated carbocycles. The van der Waals surface area contributed by atoms with Crippen molar-refractivity contribution in [3.8, 4) is 11.3 Å². The molecule has 0 spiro atoms. The number of benzene rings is 1. The van der Waals surface area contributed by atoms with E-state index >= 15 is 0 Å². The first kappa shape index (κ1) is 10.6. The van der Waals surface area contributed by atoms with E-state index in [2.05, 4.69) is 4.98 Å². The normalized spacial score (nSPS) is 10.4. The number of aromatic nitrogens is 1. The number of aryl methyl sites for hydroxylation is 2. The van der Waals surface area contributed by atoms with Gasteiger partial charge in [0.25, 0.3) is 0 Å². The fourth-order valence-electron chi connectivity index (χ4n) is 1.56. The summed E-state index contributed by atoms with van der Waals surface area (Å²) in [6.07, 6.45) is 0. The Bertz CT molecular complexity index is 535. The highest BCUT2D eigenvalue weighted by molar-refractivity contribution is 5.63. The van der Waals surface area contributed by atoms with Gasteiger partial charge in [-0.3, -0.25) is 4.98 Å². The zero-order valence-corrected chi connectivity index (χ0v) is 9.29. The van der Waals surface area contributed by atoms with Crippen molar-refractivity contribution in [1.82, 2.24) is 4.98 Å². The lowest BCUT2D eigenvalue weighted by atomic mass is 10.1. The van der Waals surface area contributed by atoms with E-state index in [9.17, 15) is 4.39 Å². The van der Waals surface area contributed by atoms with Crippen LogP contribution in [-0.2, 0) is 0 Å². The minimum atomic E-state index is -0.262. The number of nitrogen functional groups attached to an aromatic ring is 1. The molecule has 2 nitrogen and oxygen atoms in total. The maximum atomic E-state index is 13.6. The van der Waals surface area contributed by atoms with Gasteiger partial charge in [0.2, 0.25) is 0 Å². The van der Waals surface area contributed by atoms with Gasteiger partial charge in [0.05, 0.1) is 17.1 Å². The molecule has 0 fully saturated rings. The van der Waals surface area contributed by atoms with Crippen molar-refractivity contribution >= 4 is 5.69 Å². The SMILES string of the molecule is Cc1ccc(F)c(-c2ccc(N)c(C)n2)c1. The van der Waals surface area contributed by atoms with Crippen molar-refractivity contribution in [1.29, 1.82) is 0 Å². The van der Waals surface area contributed by atoms with Crippen molar-refractivity contribution in [3.63, 3.8) is 0 Å². The molecular weight excluding hydrogens is 203 g/mol. The zero-order valence-electron chi connectivity index (χ0n) is 9.29. The van der Waals surface area contributed by atoms with Gasteiger partial charge < -0.3 is 5.73 Å². The maximum Gasteiger partial charge on any atom is 0.132 e. The van der Waals surface area contributed by atoms with E-state index in [4.69, 9.17) is 5.73 Å². The second-order valence-electron chi connectivity index (χ2n) is 3.85. The second-order valence-corrected chi connectivity index (χ2v) is 3.85. The van der Waals surface area contributed by atoms with E-state index in [1.54, 1.807) is 24.3 Å². The van der Waals surface area contributed by atoms with Crippen LogP contribution in [0.15, 0.2) is 30.3 Å². The van der Waals surface area contributed by atoms with Crippen LogP contribution in [0, 0.1) is 19.7 Å². The van der Waals surface area contributed by atoms with E-state index in [0.29, 0.717) is 16.9 Å². The Kier molecular flexibility index (Phi) is 2.60. The van der Waals surface area contributed by atoms with Crippen LogP contribution in [0.25, 0.3) is 11.3 Å². The molecule has 3 heteroatoms. The Morgan fingerprint density at radius 2 is 1.88 bits per heavy atom. The first-order chi connectivity index (χ1) is 7.58. The molecule has 2 N–H and O–H groups in total. The third kappa shape index (κ3) is 1.89. The number of hydrogen-bond acceptors (Lipinski definition) is 2. The molecule has 16 heavy (non-hydrogen) atoms. The largest absolute Gasteiger partial charge is 0.397 e. The highest BCUT2D eigenvalue weighted by Crippen LogP contribution is 2.23. The molecule has 0 atom stereocenters. The van der Waals surface area contributed by atoms with Crippen LogP contribution in [0.4, 0.5) is 10.1 Å². The molecule has 82 valence electrons. The monoisotopic (exact) mass is 216 g/mol. The summed E-state index contributed by atoms with van der Waals surface area (Å²) in [7, 11) is 0. The van der Waals surface area contributed by atoms with Gasteiger partial charge in [-0.15, -0.1) is 0 Å². The molecule has 2 aromatic rings. The van der Waals surface area contributed by atoms with Crippen molar-refractivity contribution in [2.75, 3.05) is 5.73 Å². The highest BCUT2D eigenvalue weighted by Gasteiger charge is 2.07. The fraction of sp³-hybridized carbons (Fsp3) is 0.154. The van der Waals surface area contributed by atoms with E-state index in [1.807, 2.05) is 13.8 Å². The molecule has 0 unspecified atom stereocenters. The van der Waals surface area contributed by atoms with Crippen LogP contribution in [0.2, 0.25) is 0 Å². The summed E-state index contributed by atoms with van der Waals surface area (Å²) in [5, 5.41) is 0. The second kappa shape index (κ2) is 3.93. The van der Waals surface area contributed by atoms with Gasteiger partial charge in [0.1, 0.15) is 5.82 Å². The summed E-state index contributed by atoms with van der Waals surface area (Å²) in [4.78, 5) is 4.28. The molecular formula is C13H13FN2. The Morgan fingerprint density at radius 1 is 1.12 bits per heavy atom.